The highest BCUT2D eigenvalue weighted by Crippen LogP contribution is 2.70. The van der Waals surface area contributed by atoms with Gasteiger partial charge in [0.1, 0.15) is 17.2 Å². The summed E-state index contributed by atoms with van der Waals surface area (Å²) in [4.78, 5) is 9.56. The molecule has 2 aromatic carbocycles. The van der Waals surface area contributed by atoms with Crippen LogP contribution in [0.4, 0.5) is 4.39 Å². The van der Waals surface area contributed by atoms with E-state index in [9.17, 15) is 19.0 Å². The summed E-state index contributed by atoms with van der Waals surface area (Å²) in [6.07, 6.45) is 5.14. The fraction of sp³-hybridized carbons (Fsp3) is 0.571. The molecule has 2 bridgehead atoms. The van der Waals surface area contributed by atoms with Crippen LogP contribution in [0.15, 0.2) is 42.5 Å². The van der Waals surface area contributed by atoms with Crippen molar-refractivity contribution >= 4 is 7.37 Å². The van der Waals surface area contributed by atoms with Crippen LogP contribution in [0.5, 0.6) is 11.5 Å². The van der Waals surface area contributed by atoms with Gasteiger partial charge in [0.15, 0.2) is 0 Å². The molecule has 2 aromatic rings. The Kier molecular flexibility index (Phi) is 6.52. The van der Waals surface area contributed by atoms with Crippen LogP contribution in [0.3, 0.4) is 0 Å². The topological polar surface area (TPSA) is 76.0 Å². The smallest absolute Gasteiger partial charge is 0.200 e. The second kappa shape index (κ2) is 9.21. The summed E-state index contributed by atoms with van der Waals surface area (Å²) in [7, 11) is -1.61. The van der Waals surface area contributed by atoms with Gasteiger partial charge in [-0.1, -0.05) is 18.2 Å². The number of hydrogen-bond donors (Lipinski definition) is 2. The van der Waals surface area contributed by atoms with Gasteiger partial charge in [-0.05, 0) is 97.7 Å². The number of hydrogen-bond acceptors (Lipinski definition) is 4. The van der Waals surface area contributed by atoms with Gasteiger partial charge in [-0.15, -0.1) is 0 Å². The van der Waals surface area contributed by atoms with Gasteiger partial charge in [0, 0.05) is 12.1 Å². The number of benzene rings is 2. The van der Waals surface area contributed by atoms with Gasteiger partial charge in [0.25, 0.3) is 0 Å². The van der Waals surface area contributed by atoms with Gasteiger partial charge in [-0.25, -0.2) is 4.39 Å². The number of methoxy groups -OCH3 is 1. The van der Waals surface area contributed by atoms with Gasteiger partial charge in [0.2, 0.25) is 7.37 Å². The van der Waals surface area contributed by atoms with Crippen molar-refractivity contribution in [2.24, 2.45) is 5.92 Å². The Labute approximate surface area is 207 Å². The lowest BCUT2D eigenvalue weighted by atomic mass is 9.39. The van der Waals surface area contributed by atoms with E-state index in [1.807, 2.05) is 12.1 Å². The first kappa shape index (κ1) is 24.8. The zero-order valence-electron chi connectivity index (χ0n) is 20.6. The van der Waals surface area contributed by atoms with E-state index in [0.29, 0.717) is 49.0 Å². The van der Waals surface area contributed by atoms with Gasteiger partial charge in [-0.2, -0.15) is 0 Å². The first-order chi connectivity index (χ1) is 16.6. The molecule has 4 aliphatic carbocycles. The van der Waals surface area contributed by atoms with Crippen molar-refractivity contribution in [2.75, 3.05) is 26.5 Å². The number of aliphatic hydroxyl groups excluding tert-OH is 1. The molecule has 2 N–H and O–H groups in total. The third kappa shape index (κ3) is 5.16. The minimum Gasteiger partial charge on any atom is -0.497 e. The van der Waals surface area contributed by atoms with E-state index in [-0.39, 0.29) is 11.6 Å². The van der Waals surface area contributed by atoms with E-state index < -0.39 is 19.1 Å². The SMILES string of the molecule is COc1ccc(C23CC(F)(C2)C3)c(C2CCC(COc3cccc([C@H](O)CP(C)(=O)O)c3)CC2)c1. The highest BCUT2D eigenvalue weighted by Gasteiger charge is 2.70. The lowest BCUT2D eigenvalue weighted by Gasteiger charge is -2.66. The second-order valence-electron chi connectivity index (χ2n) is 11.3. The van der Waals surface area contributed by atoms with Crippen molar-refractivity contribution in [3.05, 3.63) is 59.2 Å². The summed E-state index contributed by atoms with van der Waals surface area (Å²) >= 11 is 0. The molecule has 6 rings (SSSR count). The van der Waals surface area contributed by atoms with Gasteiger partial charge < -0.3 is 19.5 Å². The van der Waals surface area contributed by atoms with Gasteiger partial charge >= 0.3 is 0 Å². The van der Waals surface area contributed by atoms with E-state index >= 15 is 0 Å². The third-order valence-corrected chi connectivity index (χ3v) is 9.35. The maximum Gasteiger partial charge on any atom is 0.200 e. The summed E-state index contributed by atoms with van der Waals surface area (Å²) < 4.78 is 37.5. The molecule has 0 heterocycles. The van der Waals surface area contributed by atoms with Crippen LogP contribution in [0.1, 0.15) is 73.7 Å². The Morgan fingerprint density at radius 2 is 1.80 bits per heavy atom. The van der Waals surface area contributed by atoms with Crippen molar-refractivity contribution in [1.82, 2.24) is 0 Å². The van der Waals surface area contributed by atoms with Crippen LogP contribution >= 0.6 is 7.37 Å². The Morgan fingerprint density at radius 3 is 2.43 bits per heavy atom. The molecule has 0 amide bonds. The quantitative estimate of drug-likeness (QED) is 0.404. The van der Waals surface area contributed by atoms with E-state index in [2.05, 4.69) is 12.1 Å². The van der Waals surface area contributed by atoms with Crippen LogP contribution in [0.25, 0.3) is 0 Å². The van der Waals surface area contributed by atoms with Crippen LogP contribution < -0.4 is 9.47 Å². The van der Waals surface area contributed by atoms with Crippen molar-refractivity contribution < 1.29 is 28.4 Å². The van der Waals surface area contributed by atoms with Crippen LogP contribution in [0, 0.1) is 5.92 Å². The van der Waals surface area contributed by atoms with E-state index in [1.54, 1.807) is 25.3 Å². The lowest BCUT2D eigenvalue weighted by Crippen LogP contribution is -2.67. The molecular formula is C28H36FO5P. The molecule has 1 unspecified atom stereocenters. The van der Waals surface area contributed by atoms with Crippen molar-refractivity contribution in [2.45, 2.75) is 68.1 Å². The van der Waals surface area contributed by atoms with E-state index in [1.165, 1.54) is 17.8 Å². The van der Waals surface area contributed by atoms with E-state index in [0.717, 1.165) is 31.4 Å². The number of ether oxygens (including phenoxy) is 2. The molecule has 0 aromatic heterocycles. The number of halogens is 1. The lowest BCUT2D eigenvalue weighted by molar-refractivity contribution is -0.158. The number of aliphatic hydroxyl groups is 1. The Bertz CT molecular complexity index is 1100. The summed E-state index contributed by atoms with van der Waals surface area (Å²) in [6, 6.07) is 13.6. The molecule has 4 fully saturated rings. The second-order valence-corrected chi connectivity index (χ2v) is 13.7. The van der Waals surface area contributed by atoms with Crippen LogP contribution in [0.2, 0.25) is 0 Å². The molecule has 0 spiro atoms. The van der Waals surface area contributed by atoms with E-state index in [4.69, 9.17) is 9.47 Å². The Morgan fingerprint density at radius 1 is 1.09 bits per heavy atom. The predicted octanol–water partition coefficient (Wildman–Crippen LogP) is 6.13. The fourth-order valence-corrected chi connectivity index (χ4v) is 7.38. The highest BCUT2D eigenvalue weighted by molar-refractivity contribution is 7.57. The average molecular weight is 503 g/mol. The molecule has 7 heteroatoms. The Balaban J connectivity index is 1.19. The standard InChI is InChI=1S/C28H36FO5P/c1-33-22-10-11-25(27-16-28(29,17-27)18-27)24(13-22)20-8-6-19(7-9-20)14-34-23-5-3-4-21(12-23)26(30)15-35(2,31)32/h3-5,10-13,19-20,26,30H,6-9,14-18H2,1-2H3,(H,31,32)/t19?,20?,26-,27?,28?/m1/s1. The van der Waals surface area contributed by atoms with Crippen LogP contribution in [-0.4, -0.2) is 42.2 Å². The van der Waals surface area contributed by atoms with Crippen molar-refractivity contribution in [1.29, 1.82) is 0 Å². The predicted molar refractivity (Wildman–Crippen MR) is 135 cm³/mol. The minimum absolute atomic E-state index is 0.0490. The normalized spacial score (nSPS) is 32.0. The van der Waals surface area contributed by atoms with Gasteiger partial charge in [0.05, 0.1) is 26.0 Å². The summed E-state index contributed by atoms with van der Waals surface area (Å²) in [5.41, 5.74) is 2.43. The molecule has 0 saturated heterocycles. The molecule has 2 atom stereocenters. The summed E-state index contributed by atoms with van der Waals surface area (Å²) in [5, 5.41) is 10.3. The molecule has 4 aliphatic rings. The highest BCUT2D eigenvalue weighted by atomic mass is 31.2. The first-order valence-electron chi connectivity index (χ1n) is 12.7. The zero-order valence-corrected chi connectivity index (χ0v) is 21.5. The fourth-order valence-electron chi connectivity index (χ4n) is 6.53. The largest absolute Gasteiger partial charge is 0.497 e. The number of alkyl halides is 1. The average Bonchev–Trinajstić information content (AvgIpc) is 2.79. The monoisotopic (exact) mass is 502 g/mol. The molecular weight excluding hydrogens is 466 g/mol. The third-order valence-electron chi connectivity index (χ3n) is 8.32. The summed E-state index contributed by atoms with van der Waals surface area (Å²) in [6.45, 7) is 1.87. The number of rotatable bonds is 9. The molecule has 35 heavy (non-hydrogen) atoms. The first-order valence-corrected chi connectivity index (χ1v) is 14.9. The molecule has 4 saturated carbocycles. The molecule has 5 nitrogen and oxygen atoms in total. The maximum absolute atomic E-state index is 14.3. The van der Waals surface area contributed by atoms with Crippen molar-refractivity contribution in [3.63, 3.8) is 0 Å². The minimum atomic E-state index is -3.31. The molecule has 0 radical (unpaired) electrons. The maximum atomic E-state index is 14.3. The van der Waals surface area contributed by atoms with Gasteiger partial charge in [-0.3, -0.25) is 4.57 Å². The Hall–Kier alpha value is -1.88. The van der Waals surface area contributed by atoms with Crippen LogP contribution in [-0.2, 0) is 9.98 Å². The van der Waals surface area contributed by atoms with Crippen molar-refractivity contribution in [3.8, 4) is 11.5 Å². The zero-order chi connectivity index (χ0) is 24.8. The summed E-state index contributed by atoms with van der Waals surface area (Å²) in [5.74, 6) is 2.46. The molecule has 0 aliphatic heterocycles. The molecule has 190 valence electrons.